The minimum absolute atomic E-state index is 0.181. The monoisotopic (exact) mass is 539 g/mol. The van der Waals surface area contributed by atoms with E-state index in [2.05, 4.69) is 30.5 Å². The van der Waals surface area contributed by atoms with Gasteiger partial charge in [0.15, 0.2) is 5.69 Å². The summed E-state index contributed by atoms with van der Waals surface area (Å²) in [4.78, 5) is 12.6. The molecule has 1 aliphatic carbocycles. The van der Waals surface area contributed by atoms with Crippen LogP contribution in [-0.2, 0) is 12.7 Å². The molecule has 1 fully saturated rings. The Morgan fingerprint density at radius 1 is 1.03 bits per heavy atom. The number of nitrogens with one attached hydrogen (secondary N) is 1. The number of ether oxygens (including phenoxy) is 2. The van der Waals surface area contributed by atoms with Crippen LogP contribution < -0.4 is 14.8 Å². The van der Waals surface area contributed by atoms with Crippen LogP contribution in [0.3, 0.4) is 0 Å². The first-order valence-electron chi connectivity index (χ1n) is 12.5. The number of halogens is 3. The Morgan fingerprint density at radius 2 is 1.74 bits per heavy atom. The lowest BCUT2D eigenvalue weighted by molar-refractivity contribution is -0.140. The van der Waals surface area contributed by atoms with Crippen molar-refractivity contribution in [2.75, 3.05) is 19.5 Å². The van der Waals surface area contributed by atoms with Gasteiger partial charge in [-0.15, -0.1) is 10.2 Å². The van der Waals surface area contributed by atoms with E-state index in [4.69, 9.17) is 9.47 Å². The minimum atomic E-state index is -4.51. The Bertz CT molecular complexity index is 1470. The van der Waals surface area contributed by atoms with Gasteiger partial charge in [0.2, 0.25) is 5.88 Å². The van der Waals surface area contributed by atoms with Crippen LogP contribution in [0.2, 0.25) is 0 Å². The molecule has 0 unspecified atom stereocenters. The fourth-order valence-corrected chi connectivity index (χ4v) is 4.33. The topological polar surface area (TPSA) is 99.9 Å². The second-order valence-corrected chi connectivity index (χ2v) is 9.57. The zero-order valence-corrected chi connectivity index (χ0v) is 22.0. The molecule has 12 heteroatoms. The zero-order valence-electron chi connectivity index (χ0n) is 22.0. The molecule has 39 heavy (non-hydrogen) atoms. The van der Waals surface area contributed by atoms with Crippen LogP contribution in [0.1, 0.15) is 55.6 Å². The van der Waals surface area contributed by atoms with Gasteiger partial charge in [0.25, 0.3) is 5.88 Å². The Hall–Kier alpha value is -4.22. The van der Waals surface area contributed by atoms with Crippen molar-refractivity contribution < 1.29 is 22.6 Å². The lowest BCUT2D eigenvalue weighted by Crippen LogP contribution is -2.06. The SMILES string of the molecule is COc1nnc(-c2c(OC)ncnc2C2CC2)cc1NCc1ccc(-c2nc(C(F)(F)F)cn2C(C)C)cc1. The molecule has 0 spiro atoms. The van der Waals surface area contributed by atoms with Crippen molar-refractivity contribution in [1.82, 2.24) is 29.7 Å². The fraction of sp³-hybridized carbons (Fsp3) is 0.370. The minimum Gasteiger partial charge on any atom is -0.480 e. The van der Waals surface area contributed by atoms with Crippen molar-refractivity contribution in [2.45, 2.75) is 51.4 Å². The molecule has 1 N–H and O–H groups in total. The van der Waals surface area contributed by atoms with Gasteiger partial charge in [0.05, 0.1) is 25.5 Å². The summed E-state index contributed by atoms with van der Waals surface area (Å²) in [6.45, 7) is 4.05. The van der Waals surface area contributed by atoms with Crippen LogP contribution in [0.5, 0.6) is 11.8 Å². The maximum Gasteiger partial charge on any atom is 0.434 e. The molecular formula is C27H28F3N7O2. The number of benzene rings is 1. The number of nitrogens with zero attached hydrogens (tertiary/aromatic N) is 6. The van der Waals surface area contributed by atoms with E-state index in [-0.39, 0.29) is 11.9 Å². The van der Waals surface area contributed by atoms with Gasteiger partial charge >= 0.3 is 6.18 Å². The summed E-state index contributed by atoms with van der Waals surface area (Å²) < 4.78 is 52.3. The first-order chi connectivity index (χ1) is 18.7. The molecule has 1 saturated carbocycles. The highest BCUT2D eigenvalue weighted by Crippen LogP contribution is 2.45. The van der Waals surface area contributed by atoms with E-state index in [0.717, 1.165) is 30.3 Å². The second-order valence-electron chi connectivity index (χ2n) is 9.57. The highest BCUT2D eigenvalue weighted by molar-refractivity contribution is 5.72. The van der Waals surface area contributed by atoms with Crippen molar-refractivity contribution in [3.8, 4) is 34.4 Å². The van der Waals surface area contributed by atoms with E-state index in [1.165, 1.54) is 18.0 Å². The molecule has 3 heterocycles. The average Bonchev–Trinajstić information content (AvgIpc) is 3.67. The van der Waals surface area contributed by atoms with Gasteiger partial charge in [0, 0.05) is 30.3 Å². The standard InChI is InChI=1S/C27H28F3N7O2/c1-15(2)37-13-21(27(28,29)30)34-24(37)18-7-5-16(6-8-18)12-31-20-11-19(35-36-25(20)38-3)22-23(17-9-10-17)32-14-33-26(22)39-4/h5-8,11,13-15,17H,9-10,12H2,1-4H3,(H,31,35). The van der Waals surface area contributed by atoms with Crippen LogP contribution in [0, 0.1) is 0 Å². The molecule has 0 bridgehead atoms. The van der Waals surface area contributed by atoms with Crippen LogP contribution >= 0.6 is 0 Å². The van der Waals surface area contributed by atoms with Gasteiger partial charge in [-0.2, -0.15) is 13.2 Å². The van der Waals surface area contributed by atoms with E-state index in [0.29, 0.717) is 46.7 Å². The smallest absolute Gasteiger partial charge is 0.434 e. The van der Waals surface area contributed by atoms with Gasteiger partial charge in [-0.1, -0.05) is 24.3 Å². The molecular weight excluding hydrogens is 511 g/mol. The molecule has 1 aromatic carbocycles. The van der Waals surface area contributed by atoms with Gasteiger partial charge in [-0.05, 0) is 38.3 Å². The molecule has 9 nitrogen and oxygen atoms in total. The van der Waals surface area contributed by atoms with E-state index in [9.17, 15) is 13.2 Å². The molecule has 4 aromatic rings. The molecule has 0 aliphatic heterocycles. The number of hydrogen-bond donors (Lipinski definition) is 1. The summed E-state index contributed by atoms with van der Waals surface area (Å²) in [5.41, 5.74) is 3.36. The summed E-state index contributed by atoms with van der Waals surface area (Å²) in [5, 5.41) is 11.9. The van der Waals surface area contributed by atoms with Crippen LogP contribution in [0.4, 0.5) is 18.9 Å². The Balaban J connectivity index is 1.39. The number of aromatic nitrogens is 6. The van der Waals surface area contributed by atoms with Crippen LogP contribution in [0.15, 0.2) is 42.9 Å². The first kappa shape index (κ1) is 26.4. The number of rotatable bonds is 9. The first-order valence-corrected chi connectivity index (χ1v) is 12.5. The Labute approximate surface area is 223 Å². The summed E-state index contributed by atoms with van der Waals surface area (Å²) in [6, 6.07) is 8.86. The zero-order chi connectivity index (χ0) is 27.7. The van der Waals surface area contributed by atoms with Crippen molar-refractivity contribution in [3.63, 3.8) is 0 Å². The van der Waals surface area contributed by atoms with Crippen LogP contribution in [-0.4, -0.2) is 43.9 Å². The predicted octanol–water partition coefficient (Wildman–Crippen LogP) is 5.90. The molecule has 204 valence electrons. The Kier molecular flexibility index (Phi) is 7.11. The average molecular weight is 540 g/mol. The molecule has 5 rings (SSSR count). The molecule has 0 amide bonds. The van der Waals surface area contributed by atoms with Gasteiger partial charge < -0.3 is 19.4 Å². The lowest BCUT2D eigenvalue weighted by Gasteiger charge is -2.14. The number of alkyl halides is 3. The molecule has 0 atom stereocenters. The third-order valence-electron chi connectivity index (χ3n) is 6.48. The van der Waals surface area contributed by atoms with Gasteiger partial charge in [-0.3, -0.25) is 0 Å². The normalized spacial score (nSPS) is 13.5. The molecule has 0 radical (unpaired) electrons. The van der Waals surface area contributed by atoms with E-state index < -0.39 is 11.9 Å². The molecule has 0 saturated heterocycles. The summed E-state index contributed by atoms with van der Waals surface area (Å²) in [7, 11) is 3.07. The highest BCUT2D eigenvalue weighted by atomic mass is 19.4. The van der Waals surface area contributed by atoms with Crippen LogP contribution in [0.25, 0.3) is 22.6 Å². The summed E-state index contributed by atoms with van der Waals surface area (Å²) >= 11 is 0. The predicted molar refractivity (Wildman–Crippen MR) is 139 cm³/mol. The Morgan fingerprint density at radius 3 is 2.36 bits per heavy atom. The van der Waals surface area contributed by atoms with Crippen molar-refractivity contribution in [2.24, 2.45) is 0 Å². The quantitative estimate of drug-likeness (QED) is 0.281. The molecule has 3 aromatic heterocycles. The van der Waals surface area contributed by atoms with Crippen molar-refractivity contribution in [3.05, 3.63) is 59.8 Å². The third kappa shape index (κ3) is 5.50. The number of anilines is 1. The lowest BCUT2D eigenvalue weighted by atomic mass is 10.1. The highest BCUT2D eigenvalue weighted by Gasteiger charge is 2.35. The van der Waals surface area contributed by atoms with E-state index in [1.807, 2.05) is 32.0 Å². The van der Waals surface area contributed by atoms with Crippen molar-refractivity contribution in [1.29, 1.82) is 0 Å². The summed E-state index contributed by atoms with van der Waals surface area (Å²) in [5.74, 6) is 1.36. The number of imidazole rings is 1. The molecule has 1 aliphatic rings. The van der Waals surface area contributed by atoms with E-state index >= 15 is 0 Å². The van der Waals surface area contributed by atoms with Gasteiger partial charge in [-0.25, -0.2) is 15.0 Å². The number of methoxy groups -OCH3 is 2. The van der Waals surface area contributed by atoms with Gasteiger partial charge in [0.1, 0.15) is 23.5 Å². The van der Waals surface area contributed by atoms with E-state index in [1.54, 1.807) is 19.2 Å². The van der Waals surface area contributed by atoms with Crippen molar-refractivity contribution >= 4 is 5.69 Å². The third-order valence-corrected chi connectivity index (χ3v) is 6.48. The summed E-state index contributed by atoms with van der Waals surface area (Å²) in [6.07, 6.45) is 0.134. The number of hydrogen-bond acceptors (Lipinski definition) is 8. The second kappa shape index (κ2) is 10.5. The maximum atomic E-state index is 13.3. The maximum absolute atomic E-state index is 13.3. The fourth-order valence-electron chi connectivity index (χ4n) is 4.33. The largest absolute Gasteiger partial charge is 0.480 e.